The van der Waals surface area contributed by atoms with Gasteiger partial charge in [-0.15, -0.1) is 0 Å². The lowest BCUT2D eigenvalue weighted by Crippen LogP contribution is -2.20. The molecule has 0 aliphatic carbocycles. The monoisotopic (exact) mass is 344 g/mol. The zero-order chi connectivity index (χ0) is 18.4. The number of aromatic nitrogens is 1. The predicted octanol–water partition coefficient (Wildman–Crippen LogP) is 5.03. The molecule has 4 aromatic rings. The zero-order valence-electron chi connectivity index (χ0n) is 15.3. The van der Waals surface area contributed by atoms with Crippen molar-refractivity contribution in [2.45, 2.75) is 6.92 Å². The number of nitrogens with zero attached hydrogens (tertiary/aromatic N) is 1. The van der Waals surface area contributed by atoms with Gasteiger partial charge < -0.3 is 4.57 Å². The zero-order valence-corrected chi connectivity index (χ0v) is 15.3. The topological polar surface area (TPSA) is 4.93 Å². The molecule has 0 fully saturated rings. The van der Waals surface area contributed by atoms with Crippen LogP contribution in [0.25, 0.3) is 38.6 Å². The number of para-hydroxylation sites is 1. The predicted molar refractivity (Wildman–Crippen MR) is 119 cm³/mol. The van der Waals surface area contributed by atoms with Gasteiger partial charge in [0.2, 0.25) is 0 Å². The van der Waals surface area contributed by atoms with Crippen LogP contribution in [-0.2, 0) is 0 Å². The molecule has 2 heterocycles. The second-order valence-electron chi connectivity index (χ2n) is 6.87. The maximum atomic E-state index is 3.91. The second kappa shape index (κ2) is 6.17. The van der Waals surface area contributed by atoms with Crippen LogP contribution in [0.5, 0.6) is 0 Å². The maximum Gasteiger partial charge on any atom is 0.193 e. The molecule has 0 saturated heterocycles. The van der Waals surface area contributed by atoms with Crippen LogP contribution in [0.4, 0.5) is 0 Å². The molecule has 1 aliphatic rings. The lowest BCUT2D eigenvalue weighted by molar-refractivity contribution is 1.24. The van der Waals surface area contributed by atoms with Gasteiger partial charge in [-0.2, -0.15) is 0 Å². The van der Waals surface area contributed by atoms with Crippen molar-refractivity contribution in [3.05, 3.63) is 91.5 Å². The van der Waals surface area contributed by atoms with Crippen molar-refractivity contribution in [1.29, 1.82) is 0 Å². The Labute approximate surface area is 160 Å². The summed E-state index contributed by atoms with van der Waals surface area (Å²) in [5, 5.41) is 2.56. The van der Waals surface area contributed by atoms with E-state index < -0.39 is 0 Å². The number of fused-ring (bicyclic) bond motifs is 6. The largest absolute Gasteiger partial charge is 0.309 e. The van der Waals surface area contributed by atoms with Gasteiger partial charge in [-0.25, -0.2) is 0 Å². The minimum atomic E-state index is 1.12. The van der Waals surface area contributed by atoms with Crippen molar-refractivity contribution < 1.29 is 0 Å². The number of benzene rings is 3. The summed E-state index contributed by atoms with van der Waals surface area (Å²) in [6.07, 6.45) is 8.14. The van der Waals surface area contributed by atoms with Gasteiger partial charge in [-0.1, -0.05) is 78.2 Å². The highest BCUT2D eigenvalue weighted by Crippen LogP contribution is 2.34. The molecular weight excluding hydrogens is 325 g/mol. The molecule has 0 atom stereocenters. The van der Waals surface area contributed by atoms with Crippen LogP contribution in [0.2, 0.25) is 0 Å². The molecule has 0 amide bonds. The summed E-state index contributed by atoms with van der Waals surface area (Å²) in [6.45, 7) is 5.96. The van der Waals surface area contributed by atoms with Crippen molar-refractivity contribution in [1.82, 2.24) is 4.57 Å². The standard InChI is InChI=1S/C25H19BN/c1-3-9-17(10-4-2)27-24-14-8-6-12-19(24)21-15-23-20(16-25(21)27)18-11-5-7-13-22(18)26-23/h3-16H,1H2,2H3/b10-4-,17-9+. The van der Waals surface area contributed by atoms with E-state index in [1.54, 1.807) is 0 Å². The van der Waals surface area contributed by atoms with Crippen LogP contribution >= 0.6 is 0 Å². The van der Waals surface area contributed by atoms with Gasteiger partial charge in [0.1, 0.15) is 0 Å². The van der Waals surface area contributed by atoms with Crippen molar-refractivity contribution in [2.24, 2.45) is 0 Å². The summed E-state index contributed by atoms with van der Waals surface area (Å²) in [5.74, 6) is 0. The van der Waals surface area contributed by atoms with E-state index in [1.807, 2.05) is 13.0 Å². The van der Waals surface area contributed by atoms with E-state index in [9.17, 15) is 0 Å². The van der Waals surface area contributed by atoms with E-state index in [1.165, 1.54) is 43.9 Å². The van der Waals surface area contributed by atoms with Crippen LogP contribution in [0.1, 0.15) is 6.92 Å². The van der Waals surface area contributed by atoms with E-state index in [2.05, 4.69) is 97.3 Å². The lowest BCUT2D eigenvalue weighted by Gasteiger charge is -2.10. The van der Waals surface area contributed by atoms with E-state index in [0.29, 0.717) is 0 Å². The van der Waals surface area contributed by atoms with Gasteiger partial charge in [0.25, 0.3) is 0 Å². The molecule has 1 radical (unpaired) electrons. The third-order valence-electron chi connectivity index (χ3n) is 5.29. The Morgan fingerprint density at radius 1 is 0.889 bits per heavy atom. The molecule has 27 heavy (non-hydrogen) atoms. The van der Waals surface area contributed by atoms with Crippen molar-refractivity contribution in [3.63, 3.8) is 0 Å². The average molecular weight is 344 g/mol. The normalized spacial score (nSPS) is 13.1. The van der Waals surface area contributed by atoms with Crippen LogP contribution < -0.4 is 10.9 Å². The molecule has 0 spiro atoms. The fraction of sp³-hybridized carbons (Fsp3) is 0.0400. The number of allylic oxidation sites excluding steroid dienone is 5. The second-order valence-corrected chi connectivity index (χ2v) is 6.87. The average Bonchev–Trinajstić information content (AvgIpc) is 3.21. The molecular formula is C25H19BN. The molecule has 2 heteroatoms. The summed E-state index contributed by atoms with van der Waals surface area (Å²) in [4.78, 5) is 0. The molecule has 0 unspecified atom stereocenters. The van der Waals surface area contributed by atoms with E-state index >= 15 is 0 Å². The number of hydrogen-bond donors (Lipinski definition) is 0. The molecule has 1 aromatic heterocycles. The molecule has 1 aliphatic heterocycles. The summed E-state index contributed by atoms with van der Waals surface area (Å²) in [6, 6.07) is 21.9. The van der Waals surface area contributed by atoms with Crippen LogP contribution in [0.15, 0.2) is 91.5 Å². The number of hydrogen-bond acceptors (Lipinski definition) is 0. The first kappa shape index (κ1) is 16.0. The Kier molecular flexibility index (Phi) is 3.65. The van der Waals surface area contributed by atoms with Gasteiger partial charge in [0.15, 0.2) is 7.28 Å². The Morgan fingerprint density at radius 2 is 1.70 bits per heavy atom. The summed E-state index contributed by atoms with van der Waals surface area (Å²) < 4.78 is 2.34. The van der Waals surface area contributed by atoms with E-state index in [-0.39, 0.29) is 0 Å². The molecule has 1 nitrogen and oxygen atoms in total. The highest BCUT2D eigenvalue weighted by molar-refractivity contribution is 6.73. The highest BCUT2D eigenvalue weighted by atomic mass is 15.0. The van der Waals surface area contributed by atoms with Crippen LogP contribution in [-0.4, -0.2) is 11.8 Å². The summed E-state index contributed by atoms with van der Waals surface area (Å²) in [5.41, 5.74) is 8.78. The fourth-order valence-corrected chi connectivity index (χ4v) is 4.19. The minimum absolute atomic E-state index is 1.12. The minimum Gasteiger partial charge on any atom is -0.309 e. The summed E-state index contributed by atoms with van der Waals surface area (Å²) >= 11 is 0. The van der Waals surface area contributed by atoms with E-state index in [0.717, 1.165) is 5.70 Å². The molecule has 0 bridgehead atoms. The first-order valence-electron chi connectivity index (χ1n) is 9.29. The quantitative estimate of drug-likeness (QED) is 0.319. The first-order chi connectivity index (χ1) is 13.3. The van der Waals surface area contributed by atoms with Gasteiger partial charge in [-0.3, -0.25) is 0 Å². The Balaban J connectivity index is 1.91. The highest BCUT2D eigenvalue weighted by Gasteiger charge is 2.22. The van der Waals surface area contributed by atoms with E-state index in [4.69, 9.17) is 0 Å². The van der Waals surface area contributed by atoms with Gasteiger partial charge >= 0.3 is 0 Å². The smallest absolute Gasteiger partial charge is 0.193 e. The van der Waals surface area contributed by atoms with Gasteiger partial charge in [-0.05, 0) is 42.3 Å². The summed E-state index contributed by atoms with van der Waals surface area (Å²) in [7, 11) is 2.29. The van der Waals surface area contributed by atoms with Crippen molar-refractivity contribution in [2.75, 3.05) is 0 Å². The van der Waals surface area contributed by atoms with Gasteiger partial charge in [0.05, 0.1) is 11.0 Å². The SMILES string of the molecule is C=C/C=C(\C=C/C)n1c2ccccc2c2cc3c(cc21)-c1ccccc1[B]3. The van der Waals surface area contributed by atoms with Crippen molar-refractivity contribution >= 4 is 45.7 Å². The Bertz CT molecular complexity index is 1270. The third kappa shape index (κ3) is 2.34. The lowest BCUT2D eigenvalue weighted by atomic mass is 9.68. The third-order valence-corrected chi connectivity index (χ3v) is 5.29. The van der Waals surface area contributed by atoms with Crippen LogP contribution in [0, 0.1) is 0 Å². The van der Waals surface area contributed by atoms with Crippen molar-refractivity contribution in [3.8, 4) is 11.1 Å². The Hall–Kier alpha value is -3.26. The molecule has 3 aromatic carbocycles. The van der Waals surface area contributed by atoms with Gasteiger partial charge in [0, 0.05) is 16.5 Å². The maximum absolute atomic E-state index is 3.91. The molecule has 0 saturated carbocycles. The molecule has 0 N–H and O–H groups in total. The van der Waals surface area contributed by atoms with Crippen LogP contribution in [0.3, 0.4) is 0 Å². The Morgan fingerprint density at radius 3 is 2.56 bits per heavy atom. The molecule has 5 rings (SSSR count). The number of rotatable bonds is 3. The first-order valence-corrected chi connectivity index (χ1v) is 9.29. The fourth-order valence-electron chi connectivity index (χ4n) is 4.19. The molecule has 127 valence electrons.